The van der Waals surface area contributed by atoms with Crippen molar-refractivity contribution in [3.05, 3.63) is 88.8 Å². The van der Waals surface area contributed by atoms with Crippen LogP contribution < -0.4 is 4.72 Å². The molecule has 0 saturated heterocycles. The van der Waals surface area contributed by atoms with Crippen LogP contribution in [0, 0.1) is 33.5 Å². The number of nitrogens with zero attached hydrogens (tertiary/aromatic N) is 4. The molecule has 0 aliphatic heterocycles. The first kappa shape index (κ1) is 21.8. The molecule has 166 valence electrons. The van der Waals surface area contributed by atoms with E-state index < -0.39 is 10.0 Å². The minimum Gasteiger partial charge on any atom is -0.276 e. The van der Waals surface area contributed by atoms with E-state index in [0.29, 0.717) is 34.0 Å². The van der Waals surface area contributed by atoms with Crippen molar-refractivity contribution in [1.82, 2.24) is 19.6 Å². The number of halogens is 1. The summed E-state index contributed by atoms with van der Waals surface area (Å²) in [6.07, 6.45) is 0. The Labute approximate surface area is 186 Å². The molecule has 2 heterocycles. The Morgan fingerprint density at radius 2 is 1.53 bits per heavy atom. The van der Waals surface area contributed by atoms with Gasteiger partial charge in [0.25, 0.3) is 10.0 Å². The van der Waals surface area contributed by atoms with Gasteiger partial charge in [-0.3, -0.25) is 9.40 Å². The summed E-state index contributed by atoms with van der Waals surface area (Å²) in [7, 11) is -3.94. The normalized spacial score (nSPS) is 11.7. The molecule has 2 aromatic heterocycles. The first-order valence-electron chi connectivity index (χ1n) is 10.1. The molecule has 0 radical (unpaired) electrons. The summed E-state index contributed by atoms with van der Waals surface area (Å²) in [5.41, 5.74) is 3.65. The molecule has 32 heavy (non-hydrogen) atoms. The highest BCUT2D eigenvalue weighted by molar-refractivity contribution is 7.92. The lowest BCUT2D eigenvalue weighted by molar-refractivity contribution is 0.579. The number of rotatable bonds is 6. The number of para-hydroxylation sites is 1. The Hall–Kier alpha value is -3.46. The second kappa shape index (κ2) is 8.23. The van der Waals surface area contributed by atoms with Gasteiger partial charge in [-0.05, 0) is 45.9 Å². The standard InChI is InChI=1S/C23H24FN5O2S/c1-15-22(17(3)28(25-15)14-19-10-8-9-13-21(19)24)27-32(30,31)23-16(2)26-29(18(23)4)20-11-6-5-7-12-20/h5-13,27H,14H2,1-4H3. The Balaban J connectivity index is 1.69. The topological polar surface area (TPSA) is 81.8 Å². The fraction of sp³-hybridized carbons (Fsp3) is 0.217. The van der Waals surface area contributed by atoms with E-state index in [1.165, 1.54) is 6.07 Å². The minimum atomic E-state index is -3.94. The predicted octanol–water partition coefficient (Wildman–Crippen LogP) is 4.29. The molecule has 0 amide bonds. The molecule has 7 nitrogen and oxygen atoms in total. The summed E-state index contributed by atoms with van der Waals surface area (Å²) in [5.74, 6) is -0.332. The van der Waals surface area contributed by atoms with Gasteiger partial charge in [-0.2, -0.15) is 10.2 Å². The van der Waals surface area contributed by atoms with Gasteiger partial charge in [0.1, 0.15) is 10.7 Å². The number of anilines is 1. The predicted molar refractivity (Wildman–Crippen MR) is 121 cm³/mol. The van der Waals surface area contributed by atoms with Crippen molar-refractivity contribution in [2.45, 2.75) is 39.1 Å². The molecular formula is C23H24FN5O2S. The summed E-state index contributed by atoms with van der Waals surface area (Å²) >= 11 is 0. The summed E-state index contributed by atoms with van der Waals surface area (Å²) in [6, 6.07) is 15.8. The summed E-state index contributed by atoms with van der Waals surface area (Å²) in [4.78, 5) is 0.127. The SMILES string of the molecule is Cc1nn(Cc2ccccc2F)c(C)c1NS(=O)(=O)c1c(C)nn(-c2ccccc2)c1C. The van der Waals surface area contributed by atoms with Crippen molar-refractivity contribution in [1.29, 1.82) is 0 Å². The van der Waals surface area contributed by atoms with Crippen LogP contribution in [0.1, 0.15) is 28.3 Å². The number of hydrogen-bond acceptors (Lipinski definition) is 4. The van der Waals surface area contributed by atoms with Gasteiger partial charge in [0, 0.05) is 5.56 Å². The fourth-order valence-electron chi connectivity index (χ4n) is 3.81. The maximum absolute atomic E-state index is 14.1. The zero-order valence-corrected chi connectivity index (χ0v) is 19.1. The van der Waals surface area contributed by atoms with Crippen LogP contribution in [0.15, 0.2) is 59.5 Å². The highest BCUT2D eigenvalue weighted by Gasteiger charge is 2.27. The lowest BCUT2D eigenvalue weighted by Crippen LogP contribution is -2.16. The van der Waals surface area contributed by atoms with Crippen LogP contribution in [0.5, 0.6) is 0 Å². The van der Waals surface area contributed by atoms with Gasteiger partial charge in [-0.1, -0.05) is 36.4 Å². The van der Waals surface area contributed by atoms with Crippen molar-refractivity contribution in [2.24, 2.45) is 0 Å². The van der Waals surface area contributed by atoms with Crippen molar-refractivity contribution in [2.75, 3.05) is 4.72 Å². The average Bonchev–Trinajstić information content (AvgIpc) is 3.20. The van der Waals surface area contributed by atoms with Crippen molar-refractivity contribution < 1.29 is 12.8 Å². The van der Waals surface area contributed by atoms with E-state index >= 15 is 0 Å². The largest absolute Gasteiger partial charge is 0.276 e. The number of aryl methyl sites for hydroxylation is 2. The lowest BCUT2D eigenvalue weighted by atomic mass is 10.2. The third kappa shape index (κ3) is 3.91. The molecule has 9 heteroatoms. The smallest absolute Gasteiger partial charge is 0.265 e. The molecule has 0 bridgehead atoms. The molecule has 0 unspecified atom stereocenters. The highest BCUT2D eigenvalue weighted by Crippen LogP contribution is 2.28. The highest BCUT2D eigenvalue weighted by atomic mass is 32.2. The maximum Gasteiger partial charge on any atom is 0.265 e. The average molecular weight is 454 g/mol. The van der Waals surface area contributed by atoms with Crippen LogP contribution in [0.3, 0.4) is 0 Å². The third-order valence-corrected chi connectivity index (χ3v) is 6.99. The van der Waals surface area contributed by atoms with Gasteiger partial charge < -0.3 is 0 Å². The first-order valence-corrected chi connectivity index (χ1v) is 11.6. The molecule has 0 fully saturated rings. The second-order valence-corrected chi connectivity index (χ2v) is 9.27. The molecule has 4 rings (SSSR count). The van der Waals surface area contributed by atoms with Crippen LogP contribution >= 0.6 is 0 Å². The van der Waals surface area contributed by atoms with Crippen molar-refractivity contribution in [3.8, 4) is 5.69 Å². The van der Waals surface area contributed by atoms with Crippen LogP contribution in [0.2, 0.25) is 0 Å². The third-order valence-electron chi connectivity index (χ3n) is 5.39. The van der Waals surface area contributed by atoms with Crippen molar-refractivity contribution >= 4 is 15.7 Å². The van der Waals surface area contributed by atoms with E-state index in [0.717, 1.165) is 5.69 Å². The number of hydrogen-bond donors (Lipinski definition) is 1. The molecule has 0 saturated carbocycles. The van der Waals surface area contributed by atoms with Crippen LogP contribution in [0.25, 0.3) is 5.69 Å². The fourth-order valence-corrected chi connectivity index (χ4v) is 5.38. The molecule has 4 aromatic rings. The Morgan fingerprint density at radius 1 is 0.875 bits per heavy atom. The number of sulfonamides is 1. The van der Waals surface area contributed by atoms with Gasteiger partial charge in [0.2, 0.25) is 0 Å². The van der Waals surface area contributed by atoms with Crippen molar-refractivity contribution in [3.63, 3.8) is 0 Å². The zero-order chi connectivity index (χ0) is 23.0. The van der Waals surface area contributed by atoms with Gasteiger partial charge in [0.15, 0.2) is 0 Å². The summed E-state index contributed by atoms with van der Waals surface area (Å²) < 4.78 is 46.7. The molecule has 0 spiro atoms. The Bertz CT molecular complexity index is 1390. The quantitative estimate of drug-likeness (QED) is 0.472. The molecule has 2 aromatic carbocycles. The number of benzene rings is 2. The van der Waals surface area contributed by atoms with Crippen LogP contribution in [-0.2, 0) is 16.6 Å². The number of nitrogens with one attached hydrogen (secondary N) is 1. The van der Waals surface area contributed by atoms with Gasteiger partial charge in [-0.25, -0.2) is 17.5 Å². The van der Waals surface area contributed by atoms with Crippen LogP contribution in [-0.4, -0.2) is 28.0 Å². The van der Waals surface area contributed by atoms with E-state index in [1.807, 2.05) is 30.3 Å². The first-order chi connectivity index (χ1) is 15.2. The molecule has 0 atom stereocenters. The van der Waals surface area contributed by atoms with E-state index in [2.05, 4.69) is 14.9 Å². The van der Waals surface area contributed by atoms with E-state index in [4.69, 9.17) is 0 Å². The summed E-state index contributed by atoms with van der Waals surface area (Å²) in [5, 5.41) is 8.86. The lowest BCUT2D eigenvalue weighted by Gasteiger charge is -2.10. The van der Waals surface area contributed by atoms with E-state index in [-0.39, 0.29) is 17.3 Å². The second-order valence-electron chi connectivity index (χ2n) is 7.65. The van der Waals surface area contributed by atoms with Crippen LogP contribution in [0.4, 0.5) is 10.1 Å². The van der Waals surface area contributed by atoms with Gasteiger partial charge in [-0.15, -0.1) is 0 Å². The summed E-state index contributed by atoms with van der Waals surface area (Å²) in [6.45, 7) is 7.07. The molecule has 0 aliphatic rings. The maximum atomic E-state index is 14.1. The molecule has 0 aliphatic carbocycles. The number of aromatic nitrogens is 4. The molecular weight excluding hydrogens is 429 g/mol. The van der Waals surface area contributed by atoms with E-state index in [1.54, 1.807) is 55.3 Å². The zero-order valence-electron chi connectivity index (χ0n) is 18.3. The Morgan fingerprint density at radius 3 is 2.22 bits per heavy atom. The van der Waals surface area contributed by atoms with E-state index in [9.17, 15) is 12.8 Å². The van der Waals surface area contributed by atoms with Gasteiger partial charge in [0.05, 0.1) is 40.7 Å². The Kier molecular flexibility index (Phi) is 5.60. The monoisotopic (exact) mass is 453 g/mol. The van der Waals surface area contributed by atoms with Gasteiger partial charge >= 0.3 is 0 Å². The molecule has 1 N–H and O–H groups in total. The minimum absolute atomic E-state index is 0.127.